The van der Waals surface area contributed by atoms with E-state index in [0.717, 1.165) is 10.7 Å². The molecule has 1 aromatic heterocycles. The Hall–Kier alpha value is -2.16. The van der Waals surface area contributed by atoms with E-state index < -0.39 is 23.7 Å². The van der Waals surface area contributed by atoms with Crippen molar-refractivity contribution in [1.29, 1.82) is 0 Å². The minimum atomic E-state index is -4.76. The average molecular weight is 275 g/mol. The third kappa shape index (κ3) is 2.65. The number of nitro benzene ring substituents is 1. The van der Waals surface area contributed by atoms with Crippen LogP contribution in [0.3, 0.4) is 0 Å². The summed E-state index contributed by atoms with van der Waals surface area (Å²) in [4.78, 5) is 9.95. The number of aromatic nitrogens is 2. The Labute approximate surface area is 104 Å². The lowest BCUT2D eigenvalue weighted by atomic mass is 10.2. The van der Waals surface area contributed by atoms with Gasteiger partial charge in [-0.05, 0) is 6.07 Å². The predicted molar refractivity (Wildman–Crippen MR) is 58.4 cm³/mol. The fourth-order valence-electron chi connectivity index (χ4n) is 1.59. The Kier molecular flexibility index (Phi) is 3.14. The quantitative estimate of drug-likeness (QED) is 0.684. The van der Waals surface area contributed by atoms with Crippen molar-refractivity contribution in [3.05, 3.63) is 34.5 Å². The molecule has 0 aliphatic heterocycles. The highest BCUT2D eigenvalue weighted by Gasteiger charge is 2.38. The molecule has 102 valence electrons. The maximum atomic E-state index is 12.2. The van der Waals surface area contributed by atoms with Crippen molar-refractivity contribution in [2.24, 2.45) is 0 Å². The molecule has 0 fully saturated rings. The van der Waals surface area contributed by atoms with Gasteiger partial charge in [-0.3, -0.25) is 14.8 Å². The maximum absolute atomic E-state index is 12.2. The summed E-state index contributed by atoms with van der Waals surface area (Å²) in [6.45, 7) is -0.811. The highest BCUT2D eigenvalue weighted by atomic mass is 19.4. The zero-order valence-electron chi connectivity index (χ0n) is 9.33. The van der Waals surface area contributed by atoms with Gasteiger partial charge in [0.15, 0.2) is 6.10 Å². The molecule has 1 atom stereocenters. The lowest BCUT2D eigenvalue weighted by molar-refractivity contribution is -0.384. The zero-order valence-corrected chi connectivity index (χ0v) is 9.33. The molecule has 1 unspecified atom stereocenters. The van der Waals surface area contributed by atoms with Crippen LogP contribution in [0.15, 0.2) is 24.4 Å². The van der Waals surface area contributed by atoms with E-state index in [0.29, 0.717) is 5.39 Å². The normalized spacial score (nSPS) is 13.7. The maximum Gasteiger partial charge on any atom is 0.416 e. The number of hydrogen-bond donors (Lipinski definition) is 1. The first kappa shape index (κ1) is 13.3. The van der Waals surface area contributed by atoms with Crippen LogP contribution in [0.25, 0.3) is 10.9 Å². The van der Waals surface area contributed by atoms with Gasteiger partial charge in [-0.2, -0.15) is 18.3 Å². The third-order valence-electron chi connectivity index (χ3n) is 2.56. The van der Waals surface area contributed by atoms with Crippen molar-refractivity contribution >= 4 is 16.6 Å². The summed E-state index contributed by atoms with van der Waals surface area (Å²) < 4.78 is 37.6. The molecule has 19 heavy (non-hydrogen) atoms. The first-order valence-electron chi connectivity index (χ1n) is 5.14. The average Bonchev–Trinajstić information content (AvgIpc) is 2.70. The van der Waals surface area contributed by atoms with Gasteiger partial charge < -0.3 is 5.11 Å². The van der Waals surface area contributed by atoms with Crippen LogP contribution >= 0.6 is 0 Å². The summed E-state index contributed by atoms with van der Waals surface area (Å²) >= 11 is 0. The monoisotopic (exact) mass is 275 g/mol. The van der Waals surface area contributed by atoms with Crippen molar-refractivity contribution in [2.45, 2.75) is 18.8 Å². The number of benzene rings is 1. The first-order valence-corrected chi connectivity index (χ1v) is 5.14. The second-order valence-electron chi connectivity index (χ2n) is 3.88. The van der Waals surface area contributed by atoms with Crippen LogP contribution in [0, 0.1) is 10.1 Å². The van der Waals surface area contributed by atoms with E-state index in [1.54, 1.807) is 0 Å². The minimum absolute atomic E-state index is 0.164. The van der Waals surface area contributed by atoms with Crippen molar-refractivity contribution in [3.63, 3.8) is 0 Å². The Morgan fingerprint density at radius 2 is 2.16 bits per heavy atom. The molecular formula is C10H8F3N3O3. The lowest BCUT2D eigenvalue weighted by Gasteiger charge is -2.14. The van der Waals surface area contributed by atoms with Gasteiger partial charge in [0.25, 0.3) is 5.69 Å². The standard InChI is InChI=1S/C10H8F3N3O3/c11-10(12,13)9(17)5-15-8-3-7(16(18)19)2-1-6(8)4-14-15/h1-4,9,17H,5H2. The number of halogens is 3. The molecular weight excluding hydrogens is 267 g/mol. The van der Waals surface area contributed by atoms with Crippen molar-refractivity contribution in [2.75, 3.05) is 0 Å². The number of alkyl halides is 3. The van der Waals surface area contributed by atoms with Crippen molar-refractivity contribution in [3.8, 4) is 0 Å². The van der Waals surface area contributed by atoms with Gasteiger partial charge in [0, 0.05) is 17.5 Å². The summed E-state index contributed by atoms with van der Waals surface area (Å²) in [7, 11) is 0. The zero-order chi connectivity index (χ0) is 14.2. The van der Waals surface area contributed by atoms with E-state index in [9.17, 15) is 23.3 Å². The Morgan fingerprint density at radius 1 is 1.47 bits per heavy atom. The molecule has 6 nitrogen and oxygen atoms in total. The minimum Gasteiger partial charge on any atom is -0.382 e. The van der Waals surface area contributed by atoms with Gasteiger partial charge >= 0.3 is 6.18 Å². The molecule has 0 radical (unpaired) electrons. The van der Waals surface area contributed by atoms with Crippen LogP contribution in [-0.2, 0) is 6.54 Å². The number of fused-ring (bicyclic) bond motifs is 1. The number of nitrogens with zero attached hydrogens (tertiary/aromatic N) is 3. The largest absolute Gasteiger partial charge is 0.416 e. The number of non-ortho nitro benzene ring substituents is 1. The Bertz CT molecular complexity index is 623. The highest BCUT2D eigenvalue weighted by Crippen LogP contribution is 2.24. The van der Waals surface area contributed by atoms with E-state index in [2.05, 4.69) is 5.10 Å². The summed E-state index contributed by atoms with van der Waals surface area (Å²) in [5, 5.41) is 23.7. The van der Waals surface area contributed by atoms with Crippen LogP contribution in [-0.4, -0.2) is 32.1 Å². The van der Waals surface area contributed by atoms with Gasteiger partial charge in [0.1, 0.15) is 0 Å². The van der Waals surface area contributed by atoms with Gasteiger partial charge in [-0.15, -0.1) is 0 Å². The Balaban J connectivity index is 2.39. The van der Waals surface area contributed by atoms with Gasteiger partial charge in [-0.1, -0.05) is 0 Å². The van der Waals surface area contributed by atoms with E-state index in [4.69, 9.17) is 5.11 Å². The predicted octanol–water partition coefficient (Wildman–Crippen LogP) is 1.87. The molecule has 2 aromatic rings. The van der Waals surface area contributed by atoms with Crippen molar-refractivity contribution < 1.29 is 23.2 Å². The number of aliphatic hydroxyl groups excluding tert-OH is 1. The smallest absolute Gasteiger partial charge is 0.382 e. The van der Waals surface area contributed by atoms with E-state index >= 15 is 0 Å². The second kappa shape index (κ2) is 4.50. The SMILES string of the molecule is O=[N+]([O-])c1ccc2cnn(CC(O)C(F)(F)F)c2c1. The van der Waals surface area contributed by atoms with E-state index in [1.165, 1.54) is 18.3 Å². The molecule has 1 heterocycles. The molecule has 9 heteroatoms. The number of rotatable bonds is 3. The molecule has 0 aliphatic rings. The number of aliphatic hydroxyl groups is 1. The van der Waals surface area contributed by atoms with Gasteiger partial charge in [0.05, 0.1) is 23.2 Å². The summed E-state index contributed by atoms with van der Waals surface area (Å²) in [6.07, 6.45) is -6.06. The molecule has 0 amide bonds. The summed E-state index contributed by atoms with van der Waals surface area (Å²) in [5.74, 6) is 0. The highest BCUT2D eigenvalue weighted by molar-refractivity contribution is 5.80. The fraction of sp³-hybridized carbons (Fsp3) is 0.300. The Morgan fingerprint density at radius 3 is 2.74 bits per heavy atom. The third-order valence-corrected chi connectivity index (χ3v) is 2.56. The molecule has 2 rings (SSSR count). The first-order chi connectivity index (χ1) is 8.79. The van der Waals surface area contributed by atoms with Crippen LogP contribution in [0.1, 0.15) is 0 Å². The molecule has 0 aliphatic carbocycles. The van der Waals surface area contributed by atoms with Crippen LogP contribution in [0.4, 0.5) is 18.9 Å². The molecule has 1 N–H and O–H groups in total. The summed E-state index contributed by atoms with van der Waals surface area (Å²) in [5.41, 5.74) is -0.0896. The number of nitro groups is 1. The van der Waals surface area contributed by atoms with E-state index in [1.807, 2.05) is 0 Å². The molecule has 1 aromatic carbocycles. The van der Waals surface area contributed by atoms with Crippen molar-refractivity contribution in [1.82, 2.24) is 9.78 Å². The molecule has 0 saturated carbocycles. The van der Waals surface area contributed by atoms with Gasteiger partial charge in [0.2, 0.25) is 0 Å². The molecule has 0 spiro atoms. The molecule has 0 saturated heterocycles. The lowest BCUT2D eigenvalue weighted by Crippen LogP contribution is -2.33. The van der Waals surface area contributed by atoms with Crippen LogP contribution in [0.2, 0.25) is 0 Å². The van der Waals surface area contributed by atoms with Gasteiger partial charge in [-0.25, -0.2) is 0 Å². The topological polar surface area (TPSA) is 81.2 Å². The summed E-state index contributed by atoms with van der Waals surface area (Å²) in [6, 6.07) is 3.73. The fourth-order valence-corrected chi connectivity index (χ4v) is 1.59. The second-order valence-corrected chi connectivity index (χ2v) is 3.88. The van der Waals surface area contributed by atoms with E-state index in [-0.39, 0.29) is 11.2 Å². The van der Waals surface area contributed by atoms with Crippen LogP contribution < -0.4 is 0 Å². The van der Waals surface area contributed by atoms with Crippen LogP contribution in [0.5, 0.6) is 0 Å². The number of hydrogen-bond acceptors (Lipinski definition) is 4. The molecule has 0 bridgehead atoms.